The van der Waals surface area contributed by atoms with Gasteiger partial charge in [0.05, 0.1) is 13.2 Å². The predicted octanol–water partition coefficient (Wildman–Crippen LogP) is 3.78. The van der Waals surface area contributed by atoms with E-state index in [0.717, 1.165) is 43.6 Å². The van der Waals surface area contributed by atoms with Crippen LogP contribution in [-0.4, -0.2) is 42.9 Å². The number of ether oxygens (including phenoxy) is 2. The maximum Gasteiger partial charge on any atom is 0.253 e. The van der Waals surface area contributed by atoms with Crippen LogP contribution < -0.4 is 0 Å². The van der Waals surface area contributed by atoms with E-state index in [2.05, 4.69) is 16.8 Å². The highest BCUT2D eigenvalue weighted by Crippen LogP contribution is 2.31. The molecule has 0 bridgehead atoms. The standard InChI is InChI=1S/C19H21NO3S/c21-18(16-4-2-15(3-5-16)17-6-13-24-14-17)20-9-7-19(8-10-20)22-11-1-12-23-19/h2-6,13-14H,1,7-12H2. The average molecular weight is 343 g/mol. The Balaban J connectivity index is 1.41. The van der Waals surface area contributed by atoms with E-state index in [0.29, 0.717) is 13.1 Å². The van der Waals surface area contributed by atoms with E-state index in [1.165, 1.54) is 5.56 Å². The number of hydrogen-bond acceptors (Lipinski definition) is 4. The van der Waals surface area contributed by atoms with Crippen LogP contribution in [0, 0.1) is 0 Å². The van der Waals surface area contributed by atoms with E-state index in [4.69, 9.17) is 9.47 Å². The summed E-state index contributed by atoms with van der Waals surface area (Å²) in [6.07, 6.45) is 2.47. The molecule has 2 saturated heterocycles. The quantitative estimate of drug-likeness (QED) is 0.833. The van der Waals surface area contributed by atoms with Crippen LogP contribution >= 0.6 is 11.3 Å². The van der Waals surface area contributed by atoms with Crippen molar-refractivity contribution in [1.82, 2.24) is 4.90 Å². The summed E-state index contributed by atoms with van der Waals surface area (Å²) in [5.41, 5.74) is 3.09. The van der Waals surface area contributed by atoms with Gasteiger partial charge in [-0.15, -0.1) is 0 Å². The number of rotatable bonds is 2. The van der Waals surface area contributed by atoms with E-state index in [9.17, 15) is 4.79 Å². The first kappa shape index (κ1) is 15.8. The summed E-state index contributed by atoms with van der Waals surface area (Å²) < 4.78 is 11.7. The highest BCUT2D eigenvalue weighted by Gasteiger charge is 2.39. The Hall–Kier alpha value is -1.69. The Morgan fingerprint density at radius 3 is 2.33 bits per heavy atom. The predicted molar refractivity (Wildman–Crippen MR) is 94.1 cm³/mol. The van der Waals surface area contributed by atoms with Gasteiger partial charge in [0.15, 0.2) is 5.79 Å². The molecule has 24 heavy (non-hydrogen) atoms. The molecule has 0 N–H and O–H groups in total. The van der Waals surface area contributed by atoms with Gasteiger partial charge in [-0.1, -0.05) is 12.1 Å². The minimum atomic E-state index is -0.447. The lowest BCUT2D eigenvalue weighted by atomic mass is 10.0. The molecular formula is C19H21NO3S. The number of likely N-dealkylation sites (tertiary alicyclic amines) is 1. The molecule has 3 heterocycles. The fraction of sp³-hybridized carbons (Fsp3) is 0.421. The Morgan fingerprint density at radius 1 is 1.00 bits per heavy atom. The molecule has 1 spiro atoms. The number of carbonyl (C=O) groups excluding carboxylic acids is 1. The summed E-state index contributed by atoms with van der Waals surface area (Å²) in [5.74, 6) is -0.352. The molecule has 4 rings (SSSR count). The summed E-state index contributed by atoms with van der Waals surface area (Å²) in [6.45, 7) is 2.90. The zero-order valence-corrected chi connectivity index (χ0v) is 14.4. The van der Waals surface area contributed by atoms with Crippen molar-refractivity contribution in [2.45, 2.75) is 25.0 Å². The maximum absolute atomic E-state index is 12.7. The van der Waals surface area contributed by atoms with Crippen LogP contribution in [0.25, 0.3) is 11.1 Å². The van der Waals surface area contributed by atoms with Crippen LogP contribution in [0.15, 0.2) is 41.1 Å². The molecule has 2 fully saturated rings. The van der Waals surface area contributed by atoms with Crippen LogP contribution in [-0.2, 0) is 9.47 Å². The second kappa shape index (κ2) is 6.67. The van der Waals surface area contributed by atoms with Gasteiger partial charge >= 0.3 is 0 Å². The van der Waals surface area contributed by atoms with Gasteiger partial charge < -0.3 is 14.4 Å². The number of piperidine rings is 1. The molecule has 126 valence electrons. The van der Waals surface area contributed by atoms with Gasteiger partial charge in [-0.2, -0.15) is 11.3 Å². The maximum atomic E-state index is 12.7. The van der Waals surface area contributed by atoms with Crippen molar-refractivity contribution in [2.24, 2.45) is 0 Å². The molecule has 2 aliphatic heterocycles. The Kier molecular flexibility index (Phi) is 4.39. The van der Waals surface area contributed by atoms with E-state index in [1.54, 1.807) is 11.3 Å². The van der Waals surface area contributed by atoms with Crippen molar-refractivity contribution >= 4 is 17.2 Å². The topological polar surface area (TPSA) is 38.8 Å². The van der Waals surface area contributed by atoms with Crippen LogP contribution in [0.1, 0.15) is 29.6 Å². The van der Waals surface area contributed by atoms with Gasteiger partial charge in [-0.25, -0.2) is 0 Å². The first-order chi connectivity index (χ1) is 11.8. The summed E-state index contributed by atoms with van der Waals surface area (Å²) in [4.78, 5) is 14.6. The van der Waals surface area contributed by atoms with Crippen LogP contribution in [0.4, 0.5) is 0 Å². The summed E-state index contributed by atoms with van der Waals surface area (Å²) >= 11 is 1.68. The third-order valence-corrected chi connectivity index (χ3v) is 5.50. The van der Waals surface area contributed by atoms with E-state index in [1.807, 2.05) is 29.2 Å². The van der Waals surface area contributed by atoms with Crippen LogP contribution in [0.5, 0.6) is 0 Å². The van der Waals surface area contributed by atoms with Gasteiger partial charge in [-0.05, 0) is 46.5 Å². The second-order valence-electron chi connectivity index (χ2n) is 6.34. The Bertz CT molecular complexity index is 680. The number of amides is 1. The van der Waals surface area contributed by atoms with Crippen molar-refractivity contribution in [3.05, 3.63) is 46.7 Å². The number of hydrogen-bond donors (Lipinski definition) is 0. The lowest BCUT2D eigenvalue weighted by molar-refractivity contribution is -0.281. The van der Waals surface area contributed by atoms with Gasteiger partial charge in [0.2, 0.25) is 0 Å². The fourth-order valence-electron chi connectivity index (χ4n) is 3.37. The van der Waals surface area contributed by atoms with E-state index in [-0.39, 0.29) is 5.91 Å². The molecule has 2 aromatic rings. The van der Waals surface area contributed by atoms with Crippen molar-refractivity contribution in [1.29, 1.82) is 0 Å². The minimum Gasteiger partial charge on any atom is -0.350 e. The molecule has 4 nitrogen and oxygen atoms in total. The molecule has 0 aliphatic carbocycles. The number of thiophene rings is 1. The van der Waals surface area contributed by atoms with Gasteiger partial charge in [0.25, 0.3) is 5.91 Å². The van der Waals surface area contributed by atoms with Gasteiger partial charge in [0.1, 0.15) is 0 Å². The fourth-order valence-corrected chi connectivity index (χ4v) is 4.04. The average Bonchev–Trinajstić information content (AvgIpc) is 3.17. The molecule has 0 unspecified atom stereocenters. The van der Waals surface area contributed by atoms with Gasteiger partial charge in [0, 0.05) is 31.5 Å². The molecule has 2 aliphatic rings. The first-order valence-electron chi connectivity index (χ1n) is 8.46. The largest absolute Gasteiger partial charge is 0.350 e. The minimum absolute atomic E-state index is 0.0949. The molecule has 0 atom stereocenters. The summed E-state index contributed by atoms with van der Waals surface area (Å²) in [5, 5.41) is 4.18. The lowest BCUT2D eigenvalue weighted by Crippen LogP contribution is -2.51. The molecule has 0 saturated carbocycles. The molecular weight excluding hydrogens is 322 g/mol. The number of benzene rings is 1. The monoisotopic (exact) mass is 343 g/mol. The second-order valence-corrected chi connectivity index (χ2v) is 7.12. The molecule has 1 aromatic heterocycles. The highest BCUT2D eigenvalue weighted by molar-refractivity contribution is 7.08. The summed E-state index contributed by atoms with van der Waals surface area (Å²) in [6, 6.07) is 9.98. The number of nitrogens with zero attached hydrogens (tertiary/aromatic N) is 1. The molecule has 5 heteroatoms. The first-order valence-corrected chi connectivity index (χ1v) is 9.40. The smallest absolute Gasteiger partial charge is 0.253 e. The Labute approximate surface area is 146 Å². The SMILES string of the molecule is O=C(c1ccc(-c2ccsc2)cc1)N1CCC2(CC1)OCCCO2. The molecule has 0 radical (unpaired) electrons. The zero-order chi connectivity index (χ0) is 16.4. The molecule has 1 amide bonds. The normalized spacial score (nSPS) is 20.2. The van der Waals surface area contributed by atoms with Gasteiger partial charge in [-0.3, -0.25) is 4.79 Å². The van der Waals surface area contributed by atoms with Crippen molar-refractivity contribution < 1.29 is 14.3 Å². The van der Waals surface area contributed by atoms with E-state index >= 15 is 0 Å². The third-order valence-electron chi connectivity index (χ3n) is 4.82. The summed E-state index contributed by atoms with van der Waals surface area (Å²) in [7, 11) is 0. The van der Waals surface area contributed by atoms with E-state index < -0.39 is 5.79 Å². The van der Waals surface area contributed by atoms with Crippen molar-refractivity contribution in [2.75, 3.05) is 26.3 Å². The Morgan fingerprint density at radius 2 is 1.71 bits per heavy atom. The third kappa shape index (κ3) is 3.11. The molecule has 1 aromatic carbocycles. The highest BCUT2D eigenvalue weighted by atomic mass is 32.1. The van der Waals surface area contributed by atoms with Crippen molar-refractivity contribution in [3.63, 3.8) is 0 Å². The zero-order valence-electron chi connectivity index (χ0n) is 13.6. The number of carbonyl (C=O) groups is 1. The lowest BCUT2D eigenvalue weighted by Gasteiger charge is -2.43. The van der Waals surface area contributed by atoms with Crippen LogP contribution in [0.2, 0.25) is 0 Å². The van der Waals surface area contributed by atoms with Crippen molar-refractivity contribution in [3.8, 4) is 11.1 Å². The van der Waals surface area contributed by atoms with Crippen LogP contribution in [0.3, 0.4) is 0 Å².